The molecule has 0 aromatic carbocycles. The minimum Gasteiger partial charge on any atom is -0.481 e. The normalized spacial score (nSPS) is 23.6. The van der Waals surface area contributed by atoms with Gasteiger partial charge >= 0.3 is 0 Å². The largest absolute Gasteiger partial charge is 0.481 e. The predicted octanol–water partition coefficient (Wildman–Crippen LogP) is 1.51. The van der Waals surface area contributed by atoms with Gasteiger partial charge in [-0.05, 0) is 19.4 Å². The summed E-state index contributed by atoms with van der Waals surface area (Å²) in [6.45, 7) is 3.77. The number of hydrogen-bond donors (Lipinski definition) is 2. The summed E-state index contributed by atoms with van der Waals surface area (Å²) in [4.78, 5) is 4.28. The van der Waals surface area contributed by atoms with Crippen LogP contribution in [-0.4, -0.2) is 31.3 Å². The molecule has 2 unspecified atom stereocenters. The van der Waals surface area contributed by atoms with E-state index in [9.17, 15) is 0 Å². The topological polar surface area (TPSA) is 69.4 Å². The van der Waals surface area contributed by atoms with Crippen molar-refractivity contribution >= 4 is 11.5 Å². The first-order chi connectivity index (χ1) is 8.20. The highest BCUT2D eigenvalue weighted by molar-refractivity contribution is 5.61. The van der Waals surface area contributed by atoms with Gasteiger partial charge in [0.2, 0.25) is 5.88 Å². The van der Waals surface area contributed by atoms with Gasteiger partial charge < -0.3 is 20.5 Å². The molecule has 0 amide bonds. The van der Waals surface area contributed by atoms with E-state index in [2.05, 4.69) is 17.2 Å². The molecule has 2 atom stereocenters. The van der Waals surface area contributed by atoms with Crippen LogP contribution in [0.5, 0.6) is 5.88 Å². The molecule has 0 aliphatic carbocycles. The number of nitrogens with zero attached hydrogens (tertiary/aromatic N) is 1. The minimum absolute atomic E-state index is 0.300. The van der Waals surface area contributed by atoms with Crippen LogP contribution in [0, 0.1) is 5.92 Å². The lowest BCUT2D eigenvalue weighted by molar-refractivity contribution is 0.108. The van der Waals surface area contributed by atoms with Crippen molar-refractivity contribution in [2.45, 2.75) is 19.4 Å². The zero-order chi connectivity index (χ0) is 12.3. The first-order valence-electron chi connectivity index (χ1n) is 5.86. The average Bonchev–Trinajstić information content (AvgIpc) is 2.74. The fraction of sp³-hybridized carbons (Fsp3) is 0.583. The Morgan fingerprint density at radius 1 is 1.59 bits per heavy atom. The average molecular weight is 237 g/mol. The van der Waals surface area contributed by atoms with Crippen molar-refractivity contribution in [3.05, 3.63) is 12.1 Å². The summed E-state index contributed by atoms with van der Waals surface area (Å²) in [5, 5.41) is 3.26. The molecule has 5 nitrogen and oxygen atoms in total. The number of nitrogens with two attached hydrogens (primary N) is 1. The Morgan fingerprint density at radius 2 is 2.41 bits per heavy atom. The highest BCUT2D eigenvalue weighted by Crippen LogP contribution is 2.23. The van der Waals surface area contributed by atoms with Gasteiger partial charge in [0.1, 0.15) is 0 Å². The SMILES string of the molecule is COc1ccc(N)c(NCC2CCOC2C)n1. The predicted molar refractivity (Wildman–Crippen MR) is 67.2 cm³/mol. The summed E-state index contributed by atoms with van der Waals surface area (Å²) >= 11 is 0. The Labute approximate surface area is 101 Å². The number of aromatic nitrogens is 1. The number of pyridine rings is 1. The van der Waals surface area contributed by atoms with Gasteiger partial charge in [0, 0.05) is 25.1 Å². The third-order valence-electron chi connectivity index (χ3n) is 3.17. The fourth-order valence-corrected chi connectivity index (χ4v) is 1.98. The second kappa shape index (κ2) is 5.23. The van der Waals surface area contributed by atoms with E-state index in [0.717, 1.165) is 19.6 Å². The van der Waals surface area contributed by atoms with Gasteiger partial charge in [-0.25, -0.2) is 0 Å². The molecule has 0 radical (unpaired) electrons. The molecule has 17 heavy (non-hydrogen) atoms. The van der Waals surface area contributed by atoms with Crippen molar-refractivity contribution in [1.82, 2.24) is 4.98 Å². The summed E-state index contributed by atoms with van der Waals surface area (Å²) in [6, 6.07) is 3.55. The fourth-order valence-electron chi connectivity index (χ4n) is 1.98. The number of ether oxygens (including phenoxy) is 2. The van der Waals surface area contributed by atoms with Crippen LogP contribution in [0.2, 0.25) is 0 Å². The summed E-state index contributed by atoms with van der Waals surface area (Å²) < 4.78 is 10.6. The van der Waals surface area contributed by atoms with Crippen molar-refractivity contribution in [1.29, 1.82) is 0 Å². The molecular formula is C12H19N3O2. The van der Waals surface area contributed by atoms with Crippen LogP contribution >= 0.6 is 0 Å². The van der Waals surface area contributed by atoms with Gasteiger partial charge in [-0.15, -0.1) is 0 Å². The molecule has 1 aliphatic rings. The van der Waals surface area contributed by atoms with Gasteiger partial charge in [0.15, 0.2) is 5.82 Å². The second-order valence-corrected chi connectivity index (χ2v) is 4.30. The van der Waals surface area contributed by atoms with E-state index in [1.807, 2.05) is 0 Å². The van der Waals surface area contributed by atoms with Crippen LogP contribution in [-0.2, 0) is 4.74 Å². The Hall–Kier alpha value is -1.49. The van der Waals surface area contributed by atoms with Crippen LogP contribution in [0.25, 0.3) is 0 Å². The molecule has 2 rings (SSSR count). The molecule has 0 saturated carbocycles. The van der Waals surface area contributed by atoms with E-state index < -0.39 is 0 Å². The van der Waals surface area contributed by atoms with Crippen molar-refractivity contribution in [2.75, 3.05) is 31.3 Å². The molecular weight excluding hydrogens is 218 g/mol. The number of anilines is 2. The molecule has 1 aromatic heterocycles. The molecule has 0 bridgehead atoms. The molecule has 5 heteroatoms. The maximum absolute atomic E-state index is 5.85. The first-order valence-corrected chi connectivity index (χ1v) is 5.86. The quantitative estimate of drug-likeness (QED) is 0.830. The van der Waals surface area contributed by atoms with Crippen molar-refractivity contribution < 1.29 is 9.47 Å². The molecule has 1 fully saturated rings. The number of methoxy groups -OCH3 is 1. The Balaban J connectivity index is 1.98. The molecule has 1 aliphatic heterocycles. The highest BCUT2D eigenvalue weighted by Gasteiger charge is 2.24. The Bertz CT molecular complexity index is 384. The van der Waals surface area contributed by atoms with Crippen LogP contribution in [0.1, 0.15) is 13.3 Å². The van der Waals surface area contributed by atoms with Crippen LogP contribution in [0.4, 0.5) is 11.5 Å². The minimum atomic E-state index is 0.300. The maximum Gasteiger partial charge on any atom is 0.215 e. The van der Waals surface area contributed by atoms with Crippen LogP contribution in [0.3, 0.4) is 0 Å². The molecule has 3 N–H and O–H groups in total. The summed E-state index contributed by atoms with van der Waals surface area (Å²) in [6.07, 6.45) is 1.38. The lowest BCUT2D eigenvalue weighted by atomic mass is 10.0. The van der Waals surface area contributed by atoms with E-state index in [1.54, 1.807) is 19.2 Å². The lowest BCUT2D eigenvalue weighted by Crippen LogP contribution is -2.21. The maximum atomic E-state index is 5.85. The highest BCUT2D eigenvalue weighted by atomic mass is 16.5. The molecule has 2 heterocycles. The van der Waals surface area contributed by atoms with Gasteiger partial charge in [-0.3, -0.25) is 0 Å². The summed E-state index contributed by atoms with van der Waals surface area (Å²) in [7, 11) is 1.59. The summed E-state index contributed by atoms with van der Waals surface area (Å²) in [5.74, 6) is 1.77. The van der Waals surface area contributed by atoms with Crippen molar-refractivity contribution in [3.63, 3.8) is 0 Å². The Morgan fingerprint density at radius 3 is 3.06 bits per heavy atom. The van der Waals surface area contributed by atoms with Crippen molar-refractivity contribution in [2.24, 2.45) is 5.92 Å². The standard InChI is InChI=1S/C12H19N3O2/c1-8-9(5-6-17-8)7-14-12-10(13)3-4-11(15-12)16-2/h3-4,8-9H,5-7,13H2,1-2H3,(H,14,15). The second-order valence-electron chi connectivity index (χ2n) is 4.30. The lowest BCUT2D eigenvalue weighted by Gasteiger charge is -2.16. The molecule has 1 aromatic rings. The summed E-state index contributed by atoms with van der Waals surface area (Å²) in [5.41, 5.74) is 6.49. The monoisotopic (exact) mass is 237 g/mol. The van der Waals surface area contributed by atoms with Crippen molar-refractivity contribution in [3.8, 4) is 5.88 Å². The third-order valence-corrected chi connectivity index (χ3v) is 3.17. The first kappa shape index (κ1) is 12.0. The van der Waals surface area contributed by atoms with E-state index in [1.165, 1.54) is 0 Å². The zero-order valence-electron chi connectivity index (χ0n) is 10.3. The number of rotatable bonds is 4. The van der Waals surface area contributed by atoms with Crippen LogP contribution < -0.4 is 15.8 Å². The van der Waals surface area contributed by atoms with Gasteiger partial charge in [-0.1, -0.05) is 0 Å². The van der Waals surface area contributed by atoms with Gasteiger partial charge in [-0.2, -0.15) is 4.98 Å². The number of nitrogen functional groups attached to an aromatic ring is 1. The molecule has 0 spiro atoms. The van der Waals surface area contributed by atoms with Crippen LogP contribution in [0.15, 0.2) is 12.1 Å². The van der Waals surface area contributed by atoms with E-state index in [4.69, 9.17) is 15.2 Å². The molecule has 1 saturated heterocycles. The number of hydrogen-bond acceptors (Lipinski definition) is 5. The molecule has 94 valence electrons. The van der Waals surface area contributed by atoms with Gasteiger partial charge in [0.25, 0.3) is 0 Å². The Kier molecular flexibility index (Phi) is 3.68. The van der Waals surface area contributed by atoms with E-state index >= 15 is 0 Å². The van der Waals surface area contributed by atoms with E-state index in [0.29, 0.717) is 29.4 Å². The third kappa shape index (κ3) is 2.79. The van der Waals surface area contributed by atoms with E-state index in [-0.39, 0.29) is 0 Å². The van der Waals surface area contributed by atoms with Gasteiger partial charge in [0.05, 0.1) is 18.9 Å². The smallest absolute Gasteiger partial charge is 0.215 e. The number of nitrogens with one attached hydrogen (secondary N) is 1. The zero-order valence-corrected chi connectivity index (χ0v) is 10.3.